The Morgan fingerprint density at radius 1 is 1.33 bits per heavy atom. The fourth-order valence-electron chi connectivity index (χ4n) is 1.39. The summed E-state index contributed by atoms with van der Waals surface area (Å²) in [4.78, 5) is 11.2. The largest absolute Gasteiger partial charge is 0.379 e. The third kappa shape index (κ3) is 2.28. The topological polar surface area (TPSA) is 49.8 Å². The van der Waals surface area contributed by atoms with Crippen LogP contribution in [0.5, 0.6) is 0 Å². The van der Waals surface area contributed by atoms with Crippen molar-refractivity contribution in [3.05, 3.63) is 52.4 Å². The maximum atomic E-state index is 11.2. The number of aryl methyl sites for hydroxylation is 1. The quantitative estimate of drug-likeness (QED) is 0.790. The second-order valence-corrected chi connectivity index (χ2v) is 3.40. The second-order valence-electron chi connectivity index (χ2n) is 3.40. The van der Waals surface area contributed by atoms with Gasteiger partial charge in [0, 0.05) is 18.8 Å². The summed E-state index contributed by atoms with van der Waals surface area (Å²) >= 11 is 0. The van der Waals surface area contributed by atoms with Crippen molar-refractivity contribution in [2.75, 3.05) is 5.32 Å². The Morgan fingerprint density at radius 3 is 2.67 bits per heavy atom. The molecule has 2 aromatic rings. The Kier molecular flexibility index (Phi) is 2.58. The van der Waals surface area contributed by atoms with Gasteiger partial charge in [-0.2, -0.15) is 0 Å². The predicted octanol–water partition coefficient (Wildman–Crippen LogP) is 1.33. The maximum Gasteiger partial charge on any atom is 0.266 e. The van der Waals surface area contributed by atoms with Gasteiger partial charge in [-0.1, -0.05) is 18.2 Å². The minimum absolute atomic E-state index is 0.0140. The fourth-order valence-corrected chi connectivity index (χ4v) is 1.39. The summed E-state index contributed by atoms with van der Waals surface area (Å²) in [7, 11) is 1.70. The van der Waals surface area contributed by atoms with Crippen LogP contribution >= 0.6 is 0 Å². The van der Waals surface area contributed by atoms with E-state index in [1.165, 1.54) is 4.68 Å². The SMILES string of the molecule is Cn1[nH]c(CNc2ccccc2)cc1=O. The highest BCUT2D eigenvalue weighted by Gasteiger charge is 1.98. The number of hydrogen-bond acceptors (Lipinski definition) is 2. The summed E-state index contributed by atoms with van der Waals surface area (Å²) in [5.74, 6) is 0. The van der Waals surface area contributed by atoms with Crippen molar-refractivity contribution >= 4 is 5.69 Å². The Bertz CT molecular complexity index is 484. The van der Waals surface area contributed by atoms with Crippen molar-refractivity contribution in [3.8, 4) is 0 Å². The van der Waals surface area contributed by atoms with Gasteiger partial charge < -0.3 is 5.32 Å². The van der Waals surface area contributed by atoms with Crippen LogP contribution in [0.4, 0.5) is 5.69 Å². The van der Waals surface area contributed by atoms with Gasteiger partial charge in [0.1, 0.15) is 0 Å². The summed E-state index contributed by atoms with van der Waals surface area (Å²) < 4.78 is 1.46. The van der Waals surface area contributed by atoms with Gasteiger partial charge in [0.25, 0.3) is 5.56 Å². The van der Waals surface area contributed by atoms with Gasteiger partial charge in [0.2, 0.25) is 0 Å². The van der Waals surface area contributed by atoms with Gasteiger partial charge in [-0.15, -0.1) is 0 Å². The monoisotopic (exact) mass is 203 g/mol. The standard InChI is InChI=1S/C11H13N3O/c1-14-11(15)7-10(13-14)8-12-9-5-3-2-4-6-9/h2-7,12-13H,8H2,1H3. The van der Waals surface area contributed by atoms with Gasteiger partial charge in [-0.3, -0.25) is 14.6 Å². The molecule has 4 heteroatoms. The van der Waals surface area contributed by atoms with Crippen LogP contribution in [-0.2, 0) is 13.6 Å². The predicted molar refractivity (Wildman–Crippen MR) is 59.8 cm³/mol. The van der Waals surface area contributed by atoms with E-state index in [2.05, 4.69) is 10.4 Å². The lowest BCUT2D eigenvalue weighted by molar-refractivity contribution is 0.723. The van der Waals surface area contributed by atoms with E-state index < -0.39 is 0 Å². The number of nitrogens with one attached hydrogen (secondary N) is 2. The lowest BCUT2D eigenvalue weighted by Gasteiger charge is -2.03. The summed E-state index contributed by atoms with van der Waals surface area (Å²) in [6.07, 6.45) is 0. The van der Waals surface area contributed by atoms with Crippen molar-refractivity contribution < 1.29 is 0 Å². The highest BCUT2D eigenvalue weighted by atomic mass is 16.1. The normalized spacial score (nSPS) is 10.2. The first-order valence-electron chi connectivity index (χ1n) is 4.79. The van der Waals surface area contributed by atoms with Crippen molar-refractivity contribution in [3.63, 3.8) is 0 Å². The van der Waals surface area contributed by atoms with E-state index >= 15 is 0 Å². The van der Waals surface area contributed by atoms with Crippen LogP contribution in [0.1, 0.15) is 5.69 Å². The van der Waals surface area contributed by atoms with Gasteiger partial charge in [0.05, 0.1) is 12.2 Å². The molecule has 0 aliphatic rings. The van der Waals surface area contributed by atoms with Crippen LogP contribution in [0.3, 0.4) is 0 Å². The summed E-state index contributed by atoms with van der Waals surface area (Å²) in [5.41, 5.74) is 1.91. The fraction of sp³-hybridized carbons (Fsp3) is 0.182. The molecule has 0 spiro atoms. The zero-order valence-electron chi connectivity index (χ0n) is 8.53. The molecule has 0 aliphatic heterocycles. The van der Waals surface area contributed by atoms with E-state index in [9.17, 15) is 4.79 Å². The van der Waals surface area contributed by atoms with Gasteiger partial charge in [-0.25, -0.2) is 0 Å². The molecule has 78 valence electrons. The first kappa shape index (κ1) is 9.58. The molecular weight excluding hydrogens is 190 g/mol. The average molecular weight is 203 g/mol. The Labute approximate surface area is 87.5 Å². The number of H-pyrrole nitrogens is 1. The molecule has 15 heavy (non-hydrogen) atoms. The maximum absolute atomic E-state index is 11.2. The van der Waals surface area contributed by atoms with Gasteiger partial charge >= 0.3 is 0 Å². The molecule has 0 bridgehead atoms. The lowest BCUT2D eigenvalue weighted by Crippen LogP contribution is -2.09. The van der Waals surface area contributed by atoms with Gasteiger partial charge in [0.15, 0.2) is 0 Å². The molecular formula is C11H13N3O. The molecule has 4 nitrogen and oxygen atoms in total. The van der Waals surface area contributed by atoms with Crippen LogP contribution in [0, 0.1) is 0 Å². The Hall–Kier alpha value is -1.97. The number of aromatic nitrogens is 2. The first-order chi connectivity index (χ1) is 7.25. The number of hydrogen-bond donors (Lipinski definition) is 2. The van der Waals surface area contributed by atoms with Crippen LogP contribution in [0.15, 0.2) is 41.2 Å². The zero-order valence-corrected chi connectivity index (χ0v) is 8.53. The van der Waals surface area contributed by atoms with Crippen molar-refractivity contribution in [2.45, 2.75) is 6.54 Å². The molecule has 0 unspecified atom stereocenters. The van der Waals surface area contributed by atoms with Crippen molar-refractivity contribution in [1.29, 1.82) is 0 Å². The molecule has 1 aromatic carbocycles. The van der Waals surface area contributed by atoms with Gasteiger partial charge in [-0.05, 0) is 12.1 Å². The second kappa shape index (κ2) is 4.04. The van der Waals surface area contributed by atoms with Crippen LogP contribution in [-0.4, -0.2) is 9.78 Å². The average Bonchev–Trinajstić information content (AvgIpc) is 2.57. The number of anilines is 1. The molecule has 0 fully saturated rings. The van der Waals surface area contributed by atoms with E-state index in [0.717, 1.165) is 11.4 Å². The van der Waals surface area contributed by atoms with E-state index in [-0.39, 0.29) is 5.56 Å². The smallest absolute Gasteiger partial charge is 0.266 e. The highest BCUT2D eigenvalue weighted by molar-refractivity contribution is 5.42. The molecule has 0 amide bonds. The molecule has 1 aromatic heterocycles. The third-order valence-corrected chi connectivity index (χ3v) is 2.20. The molecule has 0 saturated heterocycles. The van der Waals surface area contributed by atoms with E-state index in [4.69, 9.17) is 0 Å². The van der Waals surface area contributed by atoms with E-state index in [0.29, 0.717) is 6.54 Å². The van der Waals surface area contributed by atoms with Crippen LogP contribution in [0.25, 0.3) is 0 Å². The summed E-state index contributed by atoms with van der Waals surface area (Å²) in [5, 5.41) is 6.17. The molecule has 0 saturated carbocycles. The number of aromatic amines is 1. The molecule has 2 rings (SSSR count). The molecule has 2 N–H and O–H groups in total. The Morgan fingerprint density at radius 2 is 2.07 bits per heavy atom. The van der Waals surface area contributed by atoms with E-state index in [1.807, 2.05) is 30.3 Å². The van der Waals surface area contributed by atoms with Crippen molar-refractivity contribution in [2.24, 2.45) is 7.05 Å². The molecule has 0 radical (unpaired) electrons. The number of benzene rings is 1. The first-order valence-corrected chi connectivity index (χ1v) is 4.79. The number of nitrogens with zero attached hydrogens (tertiary/aromatic N) is 1. The number of rotatable bonds is 3. The molecule has 0 aliphatic carbocycles. The highest BCUT2D eigenvalue weighted by Crippen LogP contribution is 2.05. The summed E-state index contributed by atoms with van der Waals surface area (Å²) in [6, 6.07) is 11.5. The third-order valence-electron chi connectivity index (χ3n) is 2.20. The lowest BCUT2D eigenvalue weighted by atomic mass is 10.3. The zero-order chi connectivity index (χ0) is 10.7. The minimum atomic E-state index is -0.0140. The van der Waals surface area contributed by atoms with E-state index in [1.54, 1.807) is 13.1 Å². The van der Waals surface area contributed by atoms with Crippen molar-refractivity contribution in [1.82, 2.24) is 9.78 Å². The minimum Gasteiger partial charge on any atom is -0.379 e. The molecule has 1 heterocycles. The number of para-hydroxylation sites is 1. The molecule has 0 atom stereocenters. The van der Waals surface area contributed by atoms with Crippen LogP contribution < -0.4 is 10.9 Å². The summed E-state index contributed by atoms with van der Waals surface area (Å²) in [6.45, 7) is 0.625. The van der Waals surface area contributed by atoms with Crippen LogP contribution in [0.2, 0.25) is 0 Å². The Balaban J connectivity index is 2.02.